The van der Waals surface area contributed by atoms with Crippen LogP contribution in [0.4, 0.5) is 0 Å². The van der Waals surface area contributed by atoms with Gasteiger partial charge in [0.2, 0.25) is 11.9 Å². The third kappa shape index (κ3) is 6.60. The average molecular weight is 738 g/mol. The summed E-state index contributed by atoms with van der Waals surface area (Å²) in [6.07, 6.45) is -1.78. The minimum absolute atomic E-state index is 0.0657. The minimum atomic E-state index is -2.98. The van der Waals surface area contributed by atoms with Crippen LogP contribution in [-0.4, -0.2) is 86.7 Å². The van der Waals surface area contributed by atoms with Crippen LogP contribution < -0.4 is 21.0 Å². The van der Waals surface area contributed by atoms with Crippen LogP contribution in [0.3, 0.4) is 0 Å². The molecule has 53 heavy (non-hydrogen) atoms. The molecule has 12 nitrogen and oxygen atoms in total. The van der Waals surface area contributed by atoms with E-state index < -0.39 is 56.6 Å². The molecule has 3 aromatic rings. The van der Waals surface area contributed by atoms with Crippen LogP contribution in [0.5, 0.6) is 0 Å². The van der Waals surface area contributed by atoms with E-state index in [1.165, 1.54) is 6.92 Å². The van der Waals surface area contributed by atoms with E-state index in [0.717, 1.165) is 15.9 Å². The van der Waals surface area contributed by atoms with E-state index in [-0.39, 0.29) is 35.3 Å². The third-order valence-corrected chi connectivity index (χ3v) is 15.5. The molecule has 2 saturated heterocycles. The molecule has 2 N–H and O–H groups in total. The molecule has 4 aliphatic rings. The highest BCUT2D eigenvalue weighted by atomic mass is 28.4. The fraction of sp³-hybridized carbons (Fsp3) is 0.425. The summed E-state index contributed by atoms with van der Waals surface area (Å²) in [4.78, 5) is 49.4. The summed E-state index contributed by atoms with van der Waals surface area (Å²) >= 11 is 0. The molecule has 0 aromatic heterocycles. The zero-order chi connectivity index (χ0) is 37.5. The Morgan fingerprint density at radius 2 is 1.60 bits per heavy atom. The summed E-state index contributed by atoms with van der Waals surface area (Å²) in [6.45, 7) is 11.7. The minimum Gasteiger partial charge on any atom is -0.457 e. The number of ether oxygens (including phenoxy) is 3. The first-order chi connectivity index (χ1) is 25.3. The number of nitrogens with zero attached hydrogens (tertiary/aromatic N) is 3. The van der Waals surface area contributed by atoms with Crippen molar-refractivity contribution in [3.63, 3.8) is 0 Å². The highest BCUT2D eigenvalue weighted by Crippen LogP contribution is 2.52. The van der Waals surface area contributed by atoms with Crippen molar-refractivity contribution in [3.05, 3.63) is 96.6 Å². The Morgan fingerprint density at radius 1 is 1.00 bits per heavy atom. The average Bonchev–Trinajstić information content (AvgIpc) is 3.81. The monoisotopic (exact) mass is 737 g/mol. The van der Waals surface area contributed by atoms with Crippen LogP contribution in [0.2, 0.25) is 5.04 Å². The van der Waals surface area contributed by atoms with Crippen molar-refractivity contribution in [3.8, 4) is 0 Å². The van der Waals surface area contributed by atoms with Crippen molar-refractivity contribution in [2.45, 2.75) is 95.3 Å². The topological polar surface area (TPSA) is 140 Å². The summed E-state index contributed by atoms with van der Waals surface area (Å²) in [5.74, 6) is -1.36. The van der Waals surface area contributed by atoms with Gasteiger partial charge in [-0.05, 0) is 21.0 Å². The molecular weight excluding hydrogens is 691 g/mol. The van der Waals surface area contributed by atoms with E-state index in [0.29, 0.717) is 6.42 Å². The zero-order valence-electron chi connectivity index (χ0n) is 30.9. The van der Waals surface area contributed by atoms with Crippen LogP contribution in [0, 0.1) is 5.92 Å². The van der Waals surface area contributed by atoms with Gasteiger partial charge in [-0.15, -0.1) is 0 Å². The van der Waals surface area contributed by atoms with Crippen molar-refractivity contribution >= 4 is 48.8 Å². The molecule has 0 radical (unpaired) electrons. The molecular formula is C40H47N5O7Si. The van der Waals surface area contributed by atoms with E-state index in [1.54, 1.807) is 25.1 Å². The highest BCUT2D eigenvalue weighted by Gasteiger charge is 2.66. The summed E-state index contributed by atoms with van der Waals surface area (Å²) in [6, 6.07) is 29.7. The van der Waals surface area contributed by atoms with Gasteiger partial charge in [-0.25, -0.2) is 4.99 Å². The predicted octanol–water partition coefficient (Wildman–Crippen LogP) is 3.20. The van der Waals surface area contributed by atoms with Crippen LogP contribution in [0.15, 0.2) is 101 Å². The smallest absolute Gasteiger partial charge is 0.303 e. The second-order valence-electron chi connectivity index (χ2n) is 15.4. The van der Waals surface area contributed by atoms with Crippen molar-refractivity contribution in [2.24, 2.45) is 15.9 Å². The molecule has 7 rings (SSSR count). The Morgan fingerprint density at radius 3 is 2.17 bits per heavy atom. The van der Waals surface area contributed by atoms with Crippen molar-refractivity contribution in [1.82, 2.24) is 15.5 Å². The van der Waals surface area contributed by atoms with Gasteiger partial charge in [-0.3, -0.25) is 30.0 Å². The Kier molecular flexibility index (Phi) is 9.87. The van der Waals surface area contributed by atoms with Crippen LogP contribution >= 0.6 is 0 Å². The predicted molar refractivity (Wildman–Crippen MR) is 202 cm³/mol. The molecule has 3 aromatic carbocycles. The van der Waals surface area contributed by atoms with Gasteiger partial charge in [0.15, 0.2) is 18.3 Å². The van der Waals surface area contributed by atoms with Gasteiger partial charge in [0.25, 0.3) is 14.2 Å². The number of fused-ring (bicyclic) bond motifs is 2. The normalized spacial score (nSPS) is 27.9. The number of amides is 2. The summed E-state index contributed by atoms with van der Waals surface area (Å²) in [5.41, 5.74) is -0.188. The maximum absolute atomic E-state index is 13.1. The summed E-state index contributed by atoms with van der Waals surface area (Å²) < 4.78 is 27.5. The number of carbonyl (C=O) groups is 3. The Hall–Kier alpha value is -4.69. The first-order valence-electron chi connectivity index (χ1n) is 18.2. The highest BCUT2D eigenvalue weighted by molar-refractivity contribution is 6.99. The van der Waals surface area contributed by atoms with Gasteiger partial charge in [0, 0.05) is 19.3 Å². The number of rotatable bonds is 9. The van der Waals surface area contributed by atoms with Gasteiger partial charge < -0.3 is 23.5 Å². The molecule has 2 fully saturated rings. The molecule has 7 atom stereocenters. The van der Waals surface area contributed by atoms with E-state index in [1.807, 2.05) is 66.7 Å². The van der Waals surface area contributed by atoms with Crippen molar-refractivity contribution in [2.75, 3.05) is 6.61 Å². The fourth-order valence-electron chi connectivity index (χ4n) is 8.09. The SMILES string of the molecule is CC(=O)O[C@H]1C2O[C@H](N3C=NC4C(=O)NC(NC(=O)C(C)C)=NC43)C[C@@]2(c2ccccc2)O[C@@H]1CO[Si](c1ccccc1)(c1ccccc1)C(C)(C)C. The molecule has 4 heterocycles. The lowest BCUT2D eigenvalue weighted by molar-refractivity contribution is -0.160. The maximum Gasteiger partial charge on any atom is 0.303 e. The Bertz CT molecular complexity index is 1850. The number of benzene rings is 3. The van der Waals surface area contributed by atoms with Gasteiger partial charge in [0.05, 0.1) is 12.9 Å². The molecule has 0 bridgehead atoms. The van der Waals surface area contributed by atoms with E-state index in [9.17, 15) is 14.4 Å². The van der Waals surface area contributed by atoms with Gasteiger partial charge >= 0.3 is 5.97 Å². The number of hydrogen-bond acceptors (Lipinski definition) is 10. The molecule has 4 aliphatic heterocycles. The van der Waals surface area contributed by atoms with E-state index >= 15 is 0 Å². The third-order valence-electron chi connectivity index (χ3n) is 10.5. The van der Waals surface area contributed by atoms with Crippen LogP contribution in [0.1, 0.15) is 53.5 Å². The van der Waals surface area contributed by atoms with Crippen LogP contribution in [0.25, 0.3) is 0 Å². The molecule has 13 heteroatoms. The molecule has 3 unspecified atom stereocenters. The second-order valence-corrected chi connectivity index (χ2v) is 19.7. The molecule has 0 aliphatic carbocycles. The Labute approximate surface area is 311 Å². The largest absolute Gasteiger partial charge is 0.457 e. The maximum atomic E-state index is 13.1. The second kappa shape index (κ2) is 14.3. The zero-order valence-corrected chi connectivity index (χ0v) is 31.9. The van der Waals surface area contributed by atoms with E-state index in [2.05, 4.69) is 65.7 Å². The number of carbonyl (C=O) groups excluding carboxylic acids is 3. The Balaban J connectivity index is 1.24. The van der Waals surface area contributed by atoms with E-state index in [4.69, 9.17) is 18.6 Å². The first-order valence-corrected chi connectivity index (χ1v) is 20.1. The lowest BCUT2D eigenvalue weighted by Gasteiger charge is -2.43. The first kappa shape index (κ1) is 36.7. The van der Waals surface area contributed by atoms with Crippen LogP contribution in [-0.2, 0) is 38.6 Å². The van der Waals surface area contributed by atoms with Gasteiger partial charge in [-0.2, -0.15) is 0 Å². The molecule has 0 saturated carbocycles. The van der Waals surface area contributed by atoms with Gasteiger partial charge in [0.1, 0.15) is 24.0 Å². The number of nitrogens with one attached hydrogen (secondary N) is 2. The number of esters is 1. The summed E-state index contributed by atoms with van der Waals surface area (Å²) in [5, 5.41) is 7.32. The van der Waals surface area contributed by atoms with Crippen molar-refractivity contribution < 1.29 is 33.0 Å². The quantitative estimate of drug-likeness (QED) is 0.252. The summed E-state index contributed by atoms with van der Waals surface area (Å²) in [7, 11) is -2.98. The fourth-order valence-corrected chi connectivity index (χ4v) is 12.7. The lowest BCUT2D eigenvalue weighted by atomic mass is 9.85. The lowest BCUT2D eigenvalue weighted by Crippen LogP contribution is -2.67. The van der Waals surface area contributed by atoms with Crippen molar-refractivity contribution in [1.29, 1.82) is 0 Å². The number of hydrogen-bond donors (Lipinski definition) is 2. The molecule has 278 valence electrons. The number of guanidine groups is 1. The number of aliphatic imine (C=N–C) groups is 2. The molecule has 2 amide bonds. The standard InChI is InChI=1S/C40H47N5O7Si/c1-25(2)36(47)43-38-42-35-32(37(48)44-38)41-24-45(35)31-22-40(27-16-10-7-11-17-27)34(51-31)33(50-26(3)46)30(52-40)23-49-53(39(4,5)6,28-18-12-8-13-19-28)29-20-14-9-15-21-29/h7-21,24-25,30-35H,22-23H2,1-6H3,(H2,42,43,44,47,48)/t30-,31+,32?,33-,34?,35?,40+/m1/s1. The molecule has 0 spiro atoms. The van der Waals surface area contributed by atoms with Gasteiger partial charge in [-0.1, -0.05) is 126 Å².